The van der Waals surface area contributed by atoms with Crippen LogP contribution in [-0.4, -0.2) is 66.0 Å². The Morgan fingerprint density at radius 1 is 1.48 bits per heavy atom. The number of nitrogens with zero attached hydrogens (tertiary/aromatic N) is 5. The van der Waals surface area contributed by atoms with Crippen molar-refractivity contribution in [2.24, 2.45) is 0 Å². The first-order chi connectivity index (χ1) is 13.8. The van der Waals surface area contributed by atoms with Crippen LogP contribution in [0.1, 0.15) is 6.23 Å². The van der Waals surface area contributed by atoms with Crippen LogP contribution < -0.4 is 16.2 Å². The molecule has 3 aromatic rings. The molecule has 0 bridgehead atoms. The van der Waals surface area contributed by atoms with Crippen molar-refractivity contribution in [3.05, 3.63) is 35.4 Å². The van der Waals surface area contributed by atoms with Gasteiger partial charge in [0.2, 0.25) is 13.7 Å². The molecule has 29 heavy (non-hydrogen) atoms. The van der Waals surface area contributed by atoms with Crippen LogP contribution in [0.5, 0.6) is 0 Å². The molecule has 0 aromatic carbocycles. The summed E-state index contributed by atoms with van der Waals surface area (Å²) in [5.74, 6) is -0.121. The van der Waals surface area contributed by atoms with Gasteiger partial charge in [-0.2, -0.15) is 4.98 Å². The SMILES string of the molecule is COC1[C@@H](O)[C@@H](COP(=O)([O-])n2ccnc2)O[C@H]1n1cnc2c(=O)[nH]c(N)nc21. The summed E-state index contributed by atoms with van der Waals surface area (Å²) in [6.45, 7) is -0.473. The van der Waals surface area contributed by atoms with Gasteiger partial charge in [-0.05, 0) is 0 Å². The minimum absolute atomic E-state index is 0.0241. The van der Waals surface area contributed by atoms with Crippen molar-refractivity contribution in [1.29, 1.82) is 0 Å². The van der Waals surface area contributed by atoms with E-state index in [2.05, 4.69) is 19.9 Å². The first-order valence-electron chi connectivity index (χ1n) is 8.35. The summed E-state index contributed by atoms with van der Waals surface area (Å²) >= 11 is 0. The molecule has 14 nitrogen and oxygen atoms in total. The molecule has 15 heteroatoms. The van der Waals surface area contributed by atoms with Gasteiger partial charge in [0.05, 0.1) is 12.9 Å². The number of aromatic nitrogens is 6. The summed E-state index contributed by atoms with van der Waals surface area (Å²) in [7, 11) is -3.11. The number of nitrogens with one attached hydrogen (secondary N) is 1. The monoisotopic (exact) mass is 426 g/mol. The molecular weight excluding hydrogens is 409 g/mol. The predicted octanol–water partition coefficient (Wildman–Crippen LogP) is -1.80. The molecule has 1 fully saturated rings. The minimum atomic E-state index is -4.46. The summed E-state index contributed by atoms with van der Waals surface area (Å²) < 4.78 is 30.4. The van der Waals surface area contributed by atoms with Crippen LogP contribution in [0.3, 0.4) is 0 Å². The van der Waals surface area contributed by atoms with Crippen LogP contribution in [0.25, 0.3) is 11.2 Å². The van der Waals surface area contributed by atoms with Gasteiger partial charge in [-0.3, -0.25) is 23.2 Å². The lowest BCUT2D eigenvalue weighted by Crippen LogP contribution is -2.35. The number of methoxy groups -OCH3 is 1. The van der Waals surface area contributed by atoms with Gasteiger partial charge in [0.1, 0.15) is 24.6 Å². The predicted molar refractivity (Wildman–Crippen MR) is 94.5 cm³/mol. The zero-order valence-electron chi connectivity index (χ0n) is 15.0. The molecule has 4 rings (SSSR count). The van der Waals surface area contributed by atoms with Crippen LogP contribution in [0.15, 0.2) is 29.8 Å². The zero-order chi connectivity index (χ0) is 20.8. The van der Waals surface area contributed by atoms with Crippen LogP contribution in [0.4, 0.5) is 5.95 Å². The molecule has 1 aliphatic rings. The van der Waals surface area contributed by atoms with Gasteiger partial charge in [-0.1, -0.05) is 0 Å². The van der Waals surface area contributed by atoms with Crippen molar-refractivity contribution in [3.63, 3.8) is 0 Å². The normalized spacial score (nSPS) is 26.7. The second kappa shape index (κ2) is 7.33. The Hall–Kier alpha value is -2.61. The summed E-state index contributed by atoms with van der Waals surface area (Å²) in [5.41, 5.74) is 5.21. The second-order valence-corrected chi connectivity index (χ2v) is 7.90. The Balaban J connectivity index is 1.58. The summed E-state index contributed by atoms with van der Waals surface area (Å²) in [6, 6.07) is 0. The fourth-order valence-electron chi connectivity index (χ4n) is 3.10. The van der Waals surface area contributed by atoms with Crippen molar-refractivity contribution >= 4 is 24.9 Å². The van der Waals surface area contributed by atoms with E-state index in [4.69, 9.17) is 19.7 Å². The fourth-order valence-corrected chi connectivity index (χ4v) is 3.97. The van der Waals surface area contributed by atoms with Crippen molar-refractivity contribution in [3.8, 4) is 0 Å². The van der Waals surface area contributed by atoms with E-state index in [-0.39, 0.29) is 17.1 Å². The van der Waals surface area contributed by atoms with Gasteiger partial charge >= 0.3 is 0 Å². The molecule has 0 radical (unpaired) electrons. The standard InChI is InChI=1S/C14H18N7O7P/c1-26-10-9(22)7(4-27-29(24,25)20-3-2-16-5-20)28-13(10)21-6-17-8-11(21)18-14(15)19-12(8)23/h2-3,5-7,9-10,13,22H,4H2,1H3,(H,24,25)(H3,15,18,19,23)/p-1/t7-,9+,10?,13-/m1/s1. The molecule has 0 spiro atoms. The van der Waals surface area contributed by atoms with E-state index in [9.17, 15) is 19.4 Å². The maximum absolute atomic E-state index is 12.2. The third-order valence-electron chi connectivity index (χ3n) is 4.48. The average molecular weight is 426 g/mol. The quantitative estimate of drug-likeness (QED) is 0.376. The number of H-pyrrole nitrogens is 1. The number of anilines is 1. The molecule has 0 saturated carbocycles. The zero-order valence-corrected chi connectivity index (χ0v) is 15.9. The van der Waals surface area contributed by atoms with Crippen LogP contribution in [-0.2, 0) is 18.6 Å². The molecule has 0 aliphatic carbocycles. The van der Waals surface area contributed by atoms with Crippen LogP contribution >= 0.6 is 7.75 Å². The molecule has 4 heterocycles. The number of aliphatic hydroxyl groups excluding tert-OH is 1. The number of aliphatic hydroxyl groups is 1. The van der Waals surface area contributed by atoms with Gasteiger partial charge in [0.25, 0.3) is 5.56 Å². The van der Waals surface area contributed by atoms with Crippen molar-refractivity contribution in [2.75, 3.05) is 19.5 Å². The lowest BCUT2D eigenvalue weighted by atomic mass is 10.1. The minimum Gasteiger partial charge on any atom is -0.761 e. The maximum atomic E-state index is 12.2. The Bertz CT molecular complexity index is 1110. The Kier molecular flexibility index (Phi) is 4.98. The van der Waals surface area contributed by atoms with E-state index in [0.717, 1.165) is 10.7 Å². The van der Waals surface area contributed by atoms with Crippen LogP contribution in [0.2, 0.25) is 0 Å². The van der Waals surface area contributed by atoms with Gasteiger partial charge in [0, 0.05) is 19.5 Å². The number of fused-ring (bicyclic) bond motifs is 1. The summed E-state index contributed by atoms with van der Waals surface area (Å²) in [4.78, 5) is 38.1. The highest BCUT2D eigenvalue weighted by atomic mass is 31.2. The van der Waals surface area contributed by atoms with Crippen molar-refractivity contribution in [2.45, 2.75) is 24.5 Å². The van der Waals surface area contributed by atoms with Gasteiger partial charge in [-0.15, -0.1) is 0 Å². The maximum Gasteiger partial charge on any atom is 0.280 e. The van der Waals surface area contributed by atoms with Crippen LogP contribution in [0, 0.1) is 0 Å². The van der Waals surface area contributed by atoms with E-state index in [1.165, 1.54) is 30.4 Å². The third-order valence-corrected chi connectivity index (χ3v) is 5.76. The molecule has 3 aromatic heterocycles. The van der Waals surface area contributed by atoms with E-state index in [1.807, 2.05) is 0 Å². The van der Waals surface area contributed by atoms with E-state index in [0.29, 0.717) is 0 Å². The number of imidazole rings is 2. The van der Waals surface area contributed by atoms with Gasteiger partial charge in [-0.25, -0.2) is 9.97 Å². The van der Waals surface area contributed by atoms with Crippen molar-refractivity contribution < 1.29 is 28.6 Å². The topological polar surface area (TPSA) is 195 Å². The summed E-state index contributed by atoms with van der Waals surface area (Å²) in [6.07, 6.45) is 0.720. The molecule has 4 N–H and O–H groups in total. The number of hydrogen-bond acceptors (Lipinski definition) is 11. The number of aromatic amines is 1. The van der Waals surface area contributed by atoms with E-state index >= 15 is 0 Å². The lowest BCUT2D eigenvalue weighted by Gasteiger charge is -2.26. The Morgan fingerprint density at radius 2 is 2.28 bits per heavy atom. The highest BCUT2D eigenvalue weighted by Gasteiger charge is 2.46. The Labute approximate surface area is 162 Å². The molecule has 1 aliphatic heterocycles. The molecule has 1 saturated heterocycles. The lowest BCUT2D eigenvalue weighted by molar-refractivity contribution is -0.205. The van der Waals surface area contributed by atoms with E-state index in [1.54, 1.807) is 0 Å². The first-order valence-corrected chi connectivity index (χ1v) is 9.84. The molecule has 2 unspecified atom stereocenters. The van der Waals surface area contributed by atoms with E-state index < -0.39 is 44.5 Å². The second-order valence-electron chi connectivity index (χ2n) is 6.24. The average Bonchev–Trinajstić information content (AvgIpc) is 3.39. The number of ether oxygens (including phenoxy) is 2. The number of nitrogen functional groups attached to an aromatic ring is 1. The van der Waals surface area contributed by atoms with Gasteiger partial charge in [0.15, 0.2) is 17.4 Å². The highest BCUT2D eigenvalue weighted by Crippen LogP contribution is 2.40. The molecule has 5 atom stereocenters. The van der Waals surface area contributed by atoms with Gasteiger partial charge < -0.3 is 29.7 Å². The molecule has 156 valence electrons. The number of hydrogen-bond donors (Lipinski definition) is 3. The smallest absolute Gasteiger partial charge is 0.280 e. The highest BCUT2D eigenvalue weighted by molar-refractivity contribution is 7.49. The third kappa shape index (κ3) is 3.46. The largest absolute Gasteiger partial charge is 0.761 e. The van der Waals surface area contributed by atoms with Crippen molar-refractivity contribution in [1.82, 2.24) is 28.8 Å². The molecular formula is C14H17N7O7P-. The number of nitrogens with two attached hydrogens (primary N) is 1. The number of rotatable bonds is 6. The fraction of sp³-hybridized carbons (Fsp3) is 0.429. The first kappa shape index (κ1) is 19.7. The summed E-state index contributed by atoms with van der Waals surface area (Å²) in [5, 5.41) is 10.5. The Morgan fingerprint density at radius 3 is 2.97 bits per heavy atom. The molecule has 0 amide bonds.